The first-order valence-electron chi connectivity index (χ1n) is 5.19. The number of carboxylic acids is 1. The highest BCUT2D eigenvalue weighted by Gasteiger charge is 2.52. The number of rotatable bonds is 5. The van der Waals surface area contributed by atoms with Crippen LogP contribution < -0.4 is 0 Å². The zero-order valence-electron chi connectivity index (χ0n) is 10.7. The van der Waals surface area contributed by atoms with E-state index in [1.165, 1.54) is 0 Å². The van der Waals surface area contributed by atoms with Crippen LogP contribution in [0.5, 0.6) is 0 Å². The molecule has 102 valence electrons. The molecule has 0 fully saturated rings. The summed E-state index contributed by atoms with van der Waals surface area (Å²) in [5.74, 6) is -5.47. The molecular formula is C10H19F3O3Si. The first-order valence-corrected chi connectivity index (χ1v) is 8.10. The lowest BCUT2D eigenvalue weighted by molar-refractivity contribution is -0.176. The molecule has 0 amide bonds. The minimum Gasteiger partial charge on any atom is -0.479 e. The lowest BCUT2D eigenvalue weighted by Crippen LogP contribution is -2.54. The van der Waals surface area contributed by atoms with E-state index >= 15 is 0 Å². The summed E-state index contributed by atoms with van der Waals surface area (Å²) in [7, 11) is -2.79. The highest BCUT2D eigenvalue weighted by Crippen LogP contribution is 2.40. The van der Waals surface area contributed by atoms with Gasteiger partial charge in [0.25, 0.3) is 12.0 Å². The van der Waals surface area contributed by atoms with Crippen molar-refractivity contribution in [3.8, 4) is 0 Å². The third-order valence-corrected chi connectivity index (χ3v) is 7.47. The third kappa shape index (κ3) is 3.70. The minimum atomic E-state index is -3.41. The molecule has 0 spiro atoms. The molecule has 0 rings (SSSR count). The number of hydrogen-bond donors (Lipinski definition) is 1. The quantitative estimate of drug-likeness (QED) is 0.782. The molecule has 0 saturated carbocycles. The van der Waals surface area contributed by atoms with Crippen LogP contribution in [-0.2, 0) is 9.22 Å². The van der Waals surface area contributed by atoms with Crippen LogP contribution in [0.2, 0.25) is 18.1 Å². The smallest absolute Gasteiger partial charge is 0.344 e. The lowest BCUT2D eigenvalue weighted by Gasteiger charge is -2.41. The van der Waals surface area contributed by atoms with Crippen molar-refractivity contribution in [1.29, 1.82) is 0 Å². The lowest BCUT2D eigenvalue weighted by atomic mass is 10.2. The molecule has 7 heteroatoms. The fourth-order valence-corrected chi connectivity index (χ4v) is 2.22. The number of carboxylic acid groups (broad SMARTS) is 1. The van der Waals surface area contributed by atoms with Gasteiger partial charge in [-0.2, -0.15) is 0 Å². The number of aliphatic carboxylic acids is 1. The van der Waals surface area contributed by atoms with E-state index in [0.717, 1.165) is 0 Å². The molecule has 0 aliphatic heterocycles. The molecule has 1 N–H and O–H groups in total. The van der Waals surface area contributed by atoms with E-state index in [0.29, 0.717) is 0 Å². The maximum absolute atomic E-state index is 13.9. The zero-order valence-corrected chi connectivity index (χ0v) is 11.7. The van der Waals surface area contributed by atoms with Crippen LogP contribution in [0.4, 0.5) is 13.2 Å². The fourth-order valence-electron chi connectivity index (χ4n) is 0.908. The largest absolute Gasteiger partial charge is 0.479 e. The van der Waals surface area contributed by atoms with E-state index in [-0.39, 0.29) is 0 Å². The van der Waals surface area contributed by atoms with Crippen molar-refractivity contribution in [3.05, 3.63) is 0 Å². The van der Waals surface area contributed by atoms with Crippen molar-refractivity contribution in [3.63, 3.8) is 0 Å². The maximum atomic E-state index is 13.9. The van der Waals surface area contributed by atoms with Crippen molar-refractivity contribution >= 4 is 14.3 Å². The first-order chi connectivity index (χ1) is 7.37. The molecule has 0 aliphatic carbocycles. The van der Waals surface area contributed by atoms with Crippen LogP contribution in [0.3, 0.4) is 0 Å². The summed E-state index contributed by atoms with van der Waals surface area (Å²) in [5, 5.41) is 7.93. The second-order valence-electron chi connectivity index (χ2n) is 5.48. The average Bonchev–Trinajstić information content (AvgIpc) is 2.13. The topological polar surface area (TPSA) is 46.5 Å². The molecule has 0 aromatic carbocycles. The molecule has 17 heavy (non-hydrogen) atoms. The summed E-state index contributed by atoms with van der Waals surface area (Å²) >= 11 is 0. The number of carbonyl (C=O) groups is 1. The molecular weight excluding hydrogens is 253 g/mol. The Labute approximate surface area is 100 Å². The minimum absolute atomic E-state index is 0.474. The van der Waals surface area contributed by atoms with Crippen LogP contribution in [0.15, 0.2) is 0 Å². The zero-order chi connectivity index (χ0) is 14.1. The molecule has 0 aromatic heterocycles. The van der Waals surface area contributed by atoms with Gasteiger partial charge in [0.2, 0.25) is 0 Å². The normalized spacial score (nSPS) is 18.6. The van der Waals surface area contributed by atoms with E-state index in [1.807, 2.05) is 0 Å². The summed E-state index contributed by atoms with van der Waals surface area (Å²) in [6, 6.07) is 0. The SMILES string of the molecule is CC(C)(C)[Si](C)(C)OC(F)(CF)C(F)C(=O)O. The summed E-state index contributed by atoms with van der Waals surface area (Å²) in [5.41, 5.74) is 0. The number of alkyl halides is 3. The van der Waals surface area contributed by atoms with Gasteiger partial charge in [0.15, 0.2) is 15.0 Å². The van der Waals surface area contributed by atoms with Crippen LogP contribution in [0.25, 0.3) is 0 Å². The summed E-state index contributed by atoms with van der Waals surface area (Å²) in [6.07, 6.45) is -3.03. The summed E-state index contributed by atoms with van der Waals surface area (Å²) < 4.78 is 44.5. The van der Waals surface area contributed by atoms with Gasteiger partial charge in [0, 0.05) is 0 Å². The predicted molar refractivity (Wildman–Crippen MR) is 60.6 cm³/mol. The molecule has 0 aromatic rings. The van der Waals surface area contributed by atoms with Gasteiger partial charge in [-0.15, -0.1) is 0 Å². The average molecular weight is 272 g/mol. The Hall–Kier alpha value is -0.563. The Morgan fingerprint density at radius 3 is 2.06 bits per heavy atom. The molecule has 0 heterocycles. The molecule has 0 bridgehead atoms. The number of halogens is 3. The molecule has 2 unspecified atom stereocenters. The van der Waals surface area contributed by atoms with E-state index in [2.05, 4.69) is 0 Å². The monoisotopic (exact) mass is 272 g/mol. The highest BCUT2D eigenvalue weighted by molar-refractivity contribution is 6.74. The second-order valence-corrected chi connectivity index (χ2v) is 10.2. The van der Waals surface area contributed by atoms with Gasteiger partial charge in [-0.1, -0.05) is 20.8 Å². The summed E-state index contributed by atoms with van der Waals surface area (Å²) in [4.78, 5) is 10.4. The van der Waals surface area contributed by atoms with E-state index in [1.54, 1.807) is 33.9 Å². The first kappa shape index (κ1) is 16.4. The molecule has 0 radical (unpaired) electrons. The molecule has 3 nitrogen and oxygen atoms in total. The Bertz CT molecular complexity index is 291. The van der Waals surface area contributed by atoms with Crippen LogP contribution in [0, 0.1) is 0 Å². The maximum Gasteiger partial charge on any atom is 0.344 e. The Morgan fingerprint density at radius 2 is 1.82 bits per heavy atom. The van der Waals surface area contributed by atoms with E-state index in [4.69, 9.17) is 9.53 Å². The van der Waals surface area contributed by atoms with Crippen LogP contribution >= 0.6 is 0 Å². The standard InChI is InChI=1S/C10H19F3O3Si/c1-9(2,3)17(4,5)16-10(13,6-11)7(12)8(14)15/h7H,6H2,1-5H3,(H,14,15). The fraction of sp³-hybridized carbons (Fsp3) is 0.900. The van der Waals surface area contributed by atoms with Gasteiger partial charge in [0.1, 0.15) is 0 Å². The Morgan fingerprint density at radius 1 is 1.41 bits per heavy atom. The number of hydrogen-bond acceptors (Lipinski definition) is 2. The molecule has 2 atom stereocenters. The Balaban J connectivity index is 5.12. The third-order valence-electron chi connectivity index (χ3n) is 3.01. The van der Waals surface area contributed by atoms with Crippen molar-refractivity contribution in [2.45, 2.75) is 50.9 Å². The highest BCUT2D eigenvalue weighted by atomic mass is 28.4. The van der Waals surface area contributed by atoms with Gasteiger partial charge < -0.3 is 9.53 Å². The van der Waals surface area contributed by atoms with E-state index < -0.39 is 38.0 Å². The predicted octanol–water partition coefficient (Wildman–Crippen LogP) is 3.07. The summed E-state index contributed by atoms with van der Waals surface area (Å²) in [6.45, 7) is 6.62. The van der Waals surface area contributed by atoms with Crippen molar-refractivity contribution in [2.75, 3.05) is 6.67 Å². The van der Waals surface area contributed by atoms with Crippen LogP contribution in [-0.4, -0.2) is 38.1 Å². The van der Waals surface area contributed by atoms with Gasteiger partial charge in [-0.05, 0) is 18.1 Å². The van der Waals surface area contributed by atoms with Gasteiger partial charge >= 0.3 is 5.97 Å². The van der Waals surface area contributed by atoms with Gasteiger partial charge in [-0.25, -0.2) is 18.0 Å². The molecule has 0 saturated heterocycles. The van der Waals surface area contributed by atoms with Gasteiger partial charge in [-0.3, -0.25) is 0 Å². The van der Waals surface area contributed by atoms with Gasteiger partial charge in [0.05, 0.1) is 0 Å². The van der Waals surface area contributed by atoms with Crippen molar-refractivity contribution in [2.24, 2.45) is 0 Å². The molecule has 0 aliphatic rings. The Kier molecular flexibility index (Phi) is 4.81. The van der Waals surface area contributed by atoms with E-state index in [9.17, 15) is 18.0 Å². The van der Waals surface area contributed by atoms with Crippen molar-refractivity contribution < 1.29 is 27.5 Å². The van der Waals surface area contributed by atoms with Crippen LogP contribution in [0.1, 0.15) is 20.8 Å². The second kappa shape index (κ2) is 4.97. The van der Waals surface area contributed by atoms with Crippen molar-refractivity contribution in [1.82, 2.24) is 0 Å².